The molecule has 6 heteroatoms. The van der Waals surface area contributed by atoms with Crippen molar-refractivity contribution in [2.75, 3.05) is 12.7 Å². The Morgan fingerprint density at radius 3 is 2.78 bits per heavy atom. The van der Waals surface area contributed by atoms with Crippen molar-refractivity contribution in [1.82, 2.24) is 14.9 Å². The molecule has 1 aliphatic heterocycles. The minimum Gasteiger partial charge on any atom is -0.310 e. The fraction of sp³-hybridized carbons (Fsp3) is 0.667. The molecule has 0 spiro atoms. The molecule has 5 nitrogen and oxygen atoms in total. The van der Waals surface area contributed by atoms with E-state index in [4.69, 9.17) is 0 Å². The highest BCUT2D eigenvalue weighted by Gasteiger charge is 2.26. The normalized spacial score (nSPS) is 20.6. The van der Waals surface area contributed by atoms with Gasteiger partial charge in [-0.2, -0.15) is 0 Å². The third kappa shape index (κ3) is 3.68. The van der Waals surface area contributed by atoms with E-state index in [9.17, 15) is 9.59 Å². The van der Waals surface area contributed by atoms with Crippen LogP contribution in [0.1, 0.15) is 18.5 Å². The van der Waals surface area contributed by atoms with Gasteiger partial charge in [0.1, 0.15) is 0 Å². The average Bonchev–Trinajstić information content (AvgIpc) is 2.37. The van der Waals surface area contributed by atoms with Crippen molar-refractivity contribution in [2.45, 2.75) is 38.5 Å². The lowest BCUT2D eigenvalue weighted by Gasteiger charge is -2.27. The first-order chi connectivity index (χ1) is 8.44. The van der Waals surface area contributed by atoms with Gasteiger partial charge in [-0.05, 0) is 19.1 Å². The van der Waals surface area contributed by atoms with E-state index in [2.05, 4.69) is 28.0 Å². The van der Waals surface area contributed by atoms with Crippen molar-refractivity contribution < 1.29 is 0 Å². The zero-order valence-electron chi connectivity index (χ0n) is 11.1. The van der Waals surface area contributed by atoms with Crippen LogP contribution in [-0.4, -0.2) is 35.7 Å². The Bertz CT molecular complexity index is 492. The van der Waals surface area contributed by atoms with E-state index < -0.39 is 13.8 Å². The van der Waals surface area contributed by atoms with Crippen LogP contribution in [0.2, 0.25) is 19.1 Å². The van der Waals surface area contributed by atoms with Gasteiger partial charge in [0.05, 0.1) is 8.07 Å². The SMILES string of the molecule is C[Si]1(C)CCCCN(Cc2cc(=O)[nH]c(=O)[nH]2)C1. The van der Waals surface area contributed by atoms with E-state index >= 15 is 0 Å². The van der Waals surface area contributed by atoms with Crippen LogP contribution >= 0.6 is 0 Å². The fourth-order valence-corrected chi connectivity index (χ4v) is 5.53. The molecule has 0 radical (unpaired) electrons. The maximum absolute atomic E-state index is 11.3. The van der Waals surface area contributed by atoms with Gasteiger partial charge in [-0.15, -0.1) is 0 Å². The highest BCUT2D eigenvalue weighted by atomic mass is 28.3. The molecule has 0 aromatic carbocycles. The van der Waals surface area contributed by atoms with E-state index in [0.717, 1.165) is 18.4 Å². The molecule has 2 rings (SSSR count). The van der Waals surface area contributed by atoms with E-state index in [-0.39, 0.29) is 5.56 Å². The van der Waals surface area contributed by atoms with Crippen molar-refractivity contribution in [3.05, 3.63) is 32.6 Å². The number of aromatic amines is 2. The maximum atomic E-state index is 11.3. The standard InChI is InChI=1S/C12H21N3O2Si/c1-18(2)6-4-3-5-15(9-18)8-10-7-11(16)14-12(17)13-10/h7H,3-6,8-9H2,1-2H3,(H2,13,14,16,17). The van der Waals surface area contributed by atoms with Gasteiger partial charge >= 0.3 is 5.69 Å². The second-order valence-corrected chi connectivity index (χ2v) is 11.1. The summed E-state index contributed by atoms with van der Waals surface area (Å²) in [5.74, 6) is 0. The van der Waals surface area contributed by atoms with Crippen LogP contribution in [0.5, 0.6) is 0 Å². The zero-order valence-corrected chi connectivity index (χ0v) is 12.1. The monoisotopic (exact) mass is 267 g/mol. The topological polar surface area (TPSA) is 69.0 Å². The highest BCUT2D eigenvalue weighted by molar-refractivity contribution is 6.77. The van der Waals surface area contributed by atoms with Crippen LogP contribution in [0.4, 0.5) is 0 Å². The van der Waals surface area contributed by atoms with Gasteiger partial charge in [-0.1, -0.05) is 25.6 Å². The van der Waals surface area contributed by atoms with Crippen molar-refractivity contribution in [3.8, 4) is 0 Å². The Labute approximate surface area is 107 Å². The Kier molecular flexibility index (Phi) is 3.87. The molecule has 18 heavy (non-hydrogen) atoms. The van der Waals surface area contributed by atoms with Gasteiger partial charge in [0.25, 0.3) is 5.56 Å². The van der Waals surface area contributed by atoms with Crippen LogP contribution < -0.4 is 11.2 Å². The molecule has 0 saturated carbocycles. The van der Waals surface area contributed by atoms with Crippen LogP contribution in [0, 0.1) is 0 Å². The van der Waals surface area contributed by atoms with Crippen LogP contribution in [-0.2, 0) is 6.54 Å². The predicted molar refractivity (Wildman–Crippen MR) is 74.5 cm³/mol. The number of hydrogen-bond acceptors (Lipinski definition) is 3. The van der Waals surface area contributed by atoms with E-state index in [1.165, 1.54) is 25.0 Å². The summed E-state index contributed by atoms with van der Waals surface area (Å²) in [6.45, 7) is 6.55. The molecule has 1 aromatic heterocycles. The first-order valence-corrected chi connectivity index (χ1v) is 9.91. The molecule has 0 bridgehead atoms. The molecule has 2 N–H and O–H groups in total. The van der Waals surface area contributed by atoms with Gasteiger partial charge in [0.15, 0.2) is 0 Å². The molecule has 1 aromatic rings. The fourth-order valence-electron chi connectivity index (χ4n) is 2.68. The number of hydrogen-bond donors (Lipinski definition) is 2. The molecule has 0 unspecified atom stereocenters. The summed E-state index contributed by atoms with van der Waals surface area (Å²) in [6, 6.07) is 2.86. The molecular weight excluding hydrogens is 246 g/mol. The Balaban J connectivity index is 2.12. The summed E-state index contributed by atoms with van der Waals surface area (Å²) in [6.07, 6.45) is 3.66. The molecule has 1 aliphatic rings. The summed E-state index contributed by atoms with van der Waals surface area (Å²) in [7, 11) is -1.14. The predicted octanol–water partition coefficient (Wildman–Crippen LogP) is 0.907. The number of aromatic nitrogens is 2. The van der Waals surface area contributed by atoms with Crippen LogP contribution in [0.25, 0.3) is 0 Å². The first-order valence-electron chi connectivity index (χ1n) is 6.49. The minimum absolute atomic E-state index is 0.319. The van der Waals surface area contributed by atoms with E-state index in [1.807, 2.05) is 0 Å². The average molecular weight is 267 g/mol. The van der Waals surface area contributed by atoms with E-state index in [1.54, 1.807) is 0 Å². The number of rotatable bonds is 2. The maximum Gasteiger partial charge on any atom is 0.325 e. The second-order valence-electron chi connectivity index (χ2n) is 5.94. The van der Waals surface area contributed by atoms with Crippen molar-refractivity contribution in [3.63, 3.8) is 0 Å². The number of nitrogens with one attached hydrogen (secondary N) is 2. The summed E-state index contributed by atoms with van der Waals surface area (Å²) in [5.41, 5.74) is -0.0145. The summed E-state index contributed by atoms with van der Waals surface area (Å²) < 4.78 is 0. The molecule has 1 saturated heterocycles. The van der Waals surface area contributed by atoms with Gasteiger partial charge in [0, 0.05) is 18.3 Å². The Hall–Kier alpha value is -1.14. The van der Waals surface area contributed by atoms with Gasteiger partial charge < -0.3 is 9.88 Å². The Morgan fingerprint density at radius 2 is 2.06 bits per heavy atom. The van der Waals surface area contributed by atoms with Crippen molar-refractivity contribution >= 4 is 8.07 Å². The molecule has 0 aliphatic carbocycles. The molecular formula is C12H21N3O2Si. The summed E-state index contributed by atoms with van der Waals surface area (Å²) in [4.78, 5) is 29.8. The number of nitrogens with zero attached hydrogens (tertiary/aromatic N) is 1. The lowest BCUT2D eigenvalue weighted by Crippen LogP contribution is -2.41. The minimum atomic E-state index is -1.14. The van der Waals surface area contributed by atoms with Crippen LogP contribution in [0.3, 0.4) is 0 Å². The third-order valence-electron chi connectivity index (χ3n) is 3.44. The molecule has 0 atom stereocenters. The second kappa shape index (κ2) is 5.24. The van der Waals surface area contributed by atoms with Crippen molar-refractivity contribution in [1.29, 1.82) is 0 Å². The Morgan fingerprint density at radius 1 is 1.28 bits per heavy atom. The quantitative estimate of drug-likeness (QED) is 0.783. The van der Waals surface area contributed by atoms with Gasteiger partial charge in [-0.25, -0.2) is 4.79 Å². The summed E-state index contributed by atoms with van der Waals surface area (Å²) in [5, 5.41) is 0. The highest BCUT2D eigenvalue weighted by Crippen LogP contribution is 2.20. The first kappa shape index (κ1) is 13.3. The van der Waals surface area contributed by atoms with Crippen molar-refractivity contribution in [2.24, 2.45) is 0 Å². The molecule has 1 fully saturated rings. The largest absolute Gasteiger partial charge is 0.325 e. The molecule has 100 valence electrons. The summed E-state index contributed by atoms with van der Waals surface area (Å²) >= 11 is 0. The van der Waals surface area contributed by atoms with Gasteiger partial charge in [0.2, 0.25) is 0 Å². The van der Waals surface area contributed by atoms with Crippen LogP contribution in [0.15, 0.2) is 15.7 Å². The zero-order chi connectivity index (χ0) is 13.2. The molecule has 0 amide bonds. The lowest BCUT2D eigenvalue weighted by molar-refractivity contribution is 0.302. The molecule has 2 heterocycles. The van der Waals surface area contributed by atoms with Gasteiger partial charge in [-0.3, -0.25) is 9.78 Å². The smallest absolute Gasteiger partial charge is 0.310 e. The third-order valence-corrected chi connectivity index (χ3v) is 6.45. The van der Waals surface area contributed by atoms with E-state index in [0.29, 0.717) is 6.54 Å². The number of H-pyrrole nitrogens is 2. The lowest BCUT2D eigenvalue weighted by atomic mass is 10.3.